The first-order valence-electron chi connectivity index (χ1n) is 6.21. The second-order valence-electron chi connectivity index (χ2n) is 4.33. The maximum Gasteiger partial charge on any atom is 0.194 e. The topological polar surface area (TPSA) is 43.1 Å². The van der Waals surface area contributed by atoms with Crippen LogP contribution >= 0.6 is 11.3 Å². The molecule has 3 heterocycles. The summed E-state index contributed by atoms with van der Waals surface area (Å²) in [5, 5.41) is 2.03. The van der Waals surface area contributed by atoms with Crippen molar-refractivity contribution >= 4 is 16.3 Å². The minimum atomic E-state index is 0.879. The third kappa shape index (κ3) is 1.71. The Balaban J connectivity index is 2.05. The average Bonchev–Trinajstić information content (AvgIpc) is 3.09. The second-order valence-corrected chi connectivity index (χ2v) is 5.20. The Hall–Kier alpha value is -2.53. The van der Waals surface area contributed by atoms with E-state index in [1.54, 1.807) is 23.9 Å². The highest BCUT2D eigenvalue weighted by molar-refractivity contribution is 7.15. The minimum absolute atomic E-state index is 0.879. The lowest BCUT2D eigenvalue weighted by Crippen LogP contribution is -1.90. The molecule has 0 atom stereocenters. The number of nitrogens with zero attached hydrogens (tertiary/aromatic N) is 4. The molecule has 5 heteroatoms. The fourth-order valence-electron chi connectivity index (χ4n) is 2.26. The van der Waals surface area contributed by atoms with E-state index in [-0.39, 0.29) is 0 Å². The first kappa shape index (κ1) is 11.3. The smallest absolute Gasteiger partial charge is 0.194 e. The molecule has 0 saturated heterocycles. The molecule has 0 aliphatic carbocycles. The Morgan fingerprint density at radius 2 is 1.95 bits per heavy atom. The van der Waals surface area contributed by atoms with E-state index in [1.807, 2.05) is 35.8 Å². The maximum atomic E-state index is 4.74. The summed E-state index contributed by atoms with van der Waals surface area (Å²) >= 11 is 1.62. The van der Waals surface area contributed by atoms with Crippen LogP contribution in [0.1, 0.15) is 0 Å². The molecule has 4 aromatic rings. The number of thiazole rings is 1. The van der Waals surface area contributed by atoms with Crippen molar-refractivity contribution in [3.05, 3.63) is 60.5 Å². The molecule has 0 bridgehead atoms. The number of imidazole rings is 1. The van der Waals surface area contributed by atoms with Crippen LogP contribution in [0.15, 0.2) is 60.5 Å². The summed E-state index contributed by atoms with van der Waals surface area (Å²) in [6, 6.07) is 12.1. The average molecular weight is 278 g/mol. The maximum absolute atomic E-state index is 4.74. The number of fused-ring (bicyclic) bond motifs is 1. The summed E-state index contributed by atoms with van der Waals surface area (Å²) < 4.78 is 2.08. The van der Waals surface area contributed by atoms with Crippen LogP contribution < -0.4 is 0 Å². The van der Waals surface area contributed by atoms with Gasteiger partial charge in [0.25, 0.3) is 0 Å². The van der Waals surface area contributed by atoms with Crippen LogP contribution in [0.25, 0.3) is 27.6 Å². The first-order valence-corrected chi connectivity index (χ1v) is 7.09. The standard InChI is InChI=1S/C15H10N4S/c1-2-4-11(5-3-1)13-14(12-6-7-16-10-17-12)19-8-9-20-15(19)18-13/h1-10H. The first-order chi connectivity index (χ1) is 9.93. The van der Waals surface area contributed by atoms with Gasteiger partial charge in [-0.15, -0.1) is 11.3 Å². The molecule has 20 heavy (non-hydrogen) atoms. The lowest BCUT2D eigenvalue weighted by Gasteiger charge is -2.03. The molecule has 0 radical (unpaired) electrons. The zero-order valence-electron chi connectivity index (χ0n) is 10.5. The Kier molecular flexibility index (Phi) is 2.57. The fourth-order valence-corrected chi connectivity index (χ4v) is 2.97. The van der Waals surface area contributed by atoms with Gasteiger partial charge in [-0.25, -0.2) is 15.0 Å². The van der Waals surface area contributed by atoms with E-state index in [0.717, 1.165) is 27.6 Å². The molecular formula is C15H10N4S. The van der Waals surface area contributed by atoms with Crippen LogP contribution in [0.2, 0.25) is 0 Å². The molecule has 0 aliphatic heterocycles. The van der Waals surface area contributed by atoms with Gasteiger partial charge in [-0.3, -0.25) is 4.40 Å². The van der Waals surface area contributed by atoms with Gasteiger partial charge in [0.05, 0.1) is 11.4 Å². The summed E-state index contributed by atoms with van der Waals surface area (Å²) in [6.45, 7) is 0. The van der Waals surface area contributed by atoms with Gasteiger partial charge in [0.15, 0.2) is 4.96 Å². The summed E-state index contributed by atoms with van der Waals surface area (Å²) in [5.74, 6) is 0. The monoisotopic (exact) mass is 278 g/mol. The number of hydrogen-bond donors (Lipinski definition) is 0. The van der Waals surface area contributed by atoms with Gasteiger partial charge in [0.1, 0.15) is 12.0 Å². The van der Waals surface area contributed by atoms with E-state index in [2.05, 4.69) is 26.5 Å². The largest absolute Gasteiger partial charge is 0.288 e. The predicted molar refractivity (Wildman–Crippen MR) is 79.5 cm³/mol. The number of rotatable bonds is 2. The summed E-state index contributed by atoms with van der Waals surface area (Å²) in [7, 11) is 0. The van der Waals surface area contributed by atoms with E-state index in [9.17, 15) is 0 Å². The Morgan fingerprint density at radius 1 is 1.05 bits per heavy atom. The minimum Gasteiger partial charge on any atom is -0.288 e. The molecule has 0 N–H and O–H groups in total. The fraction of sp³-hybridized carbons (Fsp3) is 0. The molecule has 4 rings (SSSR count). The van der Waals surface area contributed by atoms with Gasteiger partial charge in [0, 0.05) is 23.3 Å². The van der Waals surface area contributed by atoms with E-state index < -0.39 is 0 Å². The van der Waals surface area contributed by atoms with E-state index >= 15 is 0 Å². The highest BCUT2D eigenvalue weighted by Gasteiger charge is 2.17. The van der Waals surface area contributed by atoms with Gasteiger partial charge < -0.3 is 0 Å². The summed E-state index contributed by atoms with van der Waals surface area (Å²) in [4.78, 5) is 14.1. The quantitative estimate of drug-likeness (QED) is 0.563. The van der Waals surface area contributed by atoms with Crippen LogP contribution in [0.5, 0.6) is 0 Å². The third-order valence-electron chi connectivity index (χ3n) is 3.13. The molecule has 96 valence electrons. The van der Waals surface area contributed by atoms with Gasteiger partial charge in [0.2, 0.25) is 0 Å². The normalized spacial score (nSPS) is 11.0. The molecule has 3 aromatic heterocycles. The summed E-state index contributed by atoms with van der Waals surface area (Å²) in [6.07, 6.45) is 5.34. The van der Waals surface area contributed by atoms with Crippen molar-refractivity contribution in [1.29, 1.82) is 0 Å². The van der Waals surface area contributed by atoms with Crippen LogP contribution in [0.3, 0.4) is 0 Å². The lowest BCUT2D eigenvalue weighted by molar-refractivity contribution is 1.14. The second kappa shape index (κ2) is 4.54. The Labute approximate surface area is 119 Å². The van der Waals surface area contributed by atoms with Crippen molar-refractivity contribution in [2.45, 2.75) is 0 Å². The van der Waals surface area contributed by atoms with Crippen molar-refractivity contribution < 1.29 is 0 Å². The molecule has 1 aromatic carbocycles. The Bertz CT molecular complexity index is 849. The highest BCUT2D eigenvalue weighted by atomic mass is 32.1. The number of hydrogen-bond acceptors (Lipinski definition) is 4. The van der Waals surface area contributed by atoms with Gasteiger partial charge in [-0.1, -0.05) is 30.3 Å². The van der Waals surface area contributed by atoms with E-state index in [4.69, 9.17) is 4.98 Å². The van der Waals surface area contributed by atoms with Gasteiger partial charge in [-0.2, -0.15) is 0 Å². The molecule has 0 amide bonds. The zero-order valence-corrected chi connectivity index (χ0v) is 11.3. The number of benzene rings is 1. The predicted octanol–water partition coefficient (Wildman–Crippen LogP) is 3.52. The Morgan fingerprint density at radius 3 is 2.75 bits per heavy atom. The number of aromatic nitrogens is 4. The van der Waals surface area contributed by atoms with Gasteiger partial charge >= 0.3 is 0 Å². The van der Waals surface area contributed by atoms with E-state index in [1.165, 1.54) is 0 Å². The lowest BCUT2D eigenvalue weighted by atomic mass is 10.1. The van der Waals surface area contributed by atoms with Crippen molar-refractivity contribution in [2.75, 3.05) is 0 Å². The van der Waals surface area contributed by atoms with Crippen LogP contribution in [-0.4, -0.2) is 19.4 Å². The van der Waals surface area contributed by atoms with Crippen molar-refractivity contribution in [2.24, 2.45) is 0 Å². The van der Waals surface area contributed by atoms with Crippen molar-refractivity contribution in [1.82, 2.24) is 19.4 Å². The molecule has 0 unspecified atom stereocenters. The van der Waals surface area contributed by atoms with Gasteiger partial charge in [-0.05, 0) is 6.07 Å². The molecule has 0 aliphatic rings. The van der Waals surface area contributed by atoms with Crippen molar-refractivity contribution in [3.63, 3.8) is 0 Å². The van der Waals surface area contributed by atoms with Crippen LogP contribution in [0, 0.1) is 0 Å². The molecular weight excluding hydrogens is 268 g/mol. The van der Waals surface area contributed by atoms with Crippen molar-refractivity contribution in [3.8, 4) is 22.6 Å². The highest BCUT2D eigenvalue weighted by Crippen LogP contribution is 2.32. The van der Waals surface area contributed by atoms with E-state index in [0.29, 0.717) is 0 Å². The molecule has 0 spiro atoms. The molecule has 0 fully saturated rings. The van der Waals surface area contributed by atoms with Crippen LogP contribution in [0.4, 0.5) is 0 Å². The summed E-state index contributed by atoms with van der Waals surface area (Å²) in [5.41, 5.74) is 3.94. The SMILES string of the molecule is c1ccc(-c2nc3sccn3c2-c2ccncn2)cc1. The third-order valence-corrected chi connectivity index (χ3v) is 3.89. The molecule has 4 nitrogen and oxygen atoms in total. The molecule has 0 saturated carbocycles. The zero-order chi connectivity index (χ0) is 13.4. The van der Waals surface area contributed by atoms with Crippen LogP contribution in [-0.2, 0) is 0 Å².